The van der Waals surface area contributed by atoms with Crippen LogP contribution < -0.4 is 22.3 Å². The third kappa shape index (κ3) is 5.43. The molecule has 0 aliphatic heterocycles. The van der Waals surface area contributed by atoms with Crippen LogP contribution in [0.15, 0.2) is 45.7 Å². The molecule has 3 rings (SSSR count). The number of nitriles is 1. The first-order valence-electron chi connectivity index (χ1n) is 10.9. The first kappa shape index (κ1) is 26.5. The Balaban J connectivity index is 0.00000199. The molecule has 0 amide bonds. The van der Waals surface area contributed by atoms with Gasteiger partial charge in [-0.2, -0.15) is 15.2 Å². The molecule has 178 valence electrons. The minimum Gasteiger partial charge on any atom is -0.382 e. The maximum Gasteiger partial charge on any atom is 0.266 e. The van der Waals surface area contributed by atoms with Gasteiger partial charge in [0.25, 0.3) is 5.56 Å². The lowest BCUT2D eigenvalue weighted by Gasteiger charge is -2.22. The lowest BCUT2D eigenvalue weighted by molar-refractivity contribution is 0.729. The number of halogens is 1. The van der Waals surface area contributed by atoms with Gasteiger partial charge < -0.3 is 16.8 Å². The lowest BCUT2D eigenvalue weighted by Crippen LogP contribution is -2.28. The molecule has 10 heteroatoms. The molecular weight excluding hydrogens is 496 g/mol. The number of anilines is 3. The molecule has 0 fully saturated rings. The topological polar surface area (TPSA) is 149 Å². The second-order valence-electron chi connectivity index (χ2n) is 6.95. The molecule has 0 bridgehead atoms. The summed E-state index contributed by atoms with van der Waals surface area (Å²) >= 11 is 3.47. The van der Waals surface area contributed by atoms with E-state index in [2.05, 4.69) is 31.2 Å². The van der Waals surface area contributed by atoms with Crippen molar-refractivity contribution in [3.05, 3.63) is 62.6 Å². The summed E-state index contributed by atoms with van der Waals surface area (Å²) in [4.78, 5) is 26.3. The van der Waals surface area contributed by atoms with E-state index in [1.54, 1.807) is 10.6 Å². The fourth-order valence-electron chi connectivity index (χ4n) is 3.31. The number of allylic oxidation sites excluding steroid dienone is 4. The third-order valence-electron chi connectivity index (χ3n) is 4.81. The minimum absolute atomic E-state index is 0.0234. The van der Waals surface area contributed by atoms with E-state index in [9.17, 15) is 10.1 Å². The van der Waals surface area contributed by atoms with Crippen molar-refractivity contribution in [1.29, 1.82) is 5.26 Å². The van der Waals surface area contributed by atoms with Crippen molar-refractivity contribution in [2.24, 2.45) is 0 Å². The standard InChI is InChI=1S/C22H23BrN8O.C2H6/c1-4-6-8-13(5-2)31-20(28-16-10-7-9-15(23)17(16)21(31)32)12(3)27-19-14(11-24)18(25)29-22(26)30-19;1-2/h4,6-10,12H,5H2,1-3H3,(H5,25,26,27,29,30);1-2H3/b6-4-,13-8+;. The second-order valence-corrected chi connectivity index (χ2v) is 7.80. The molecule has 3 aromatic rings. The van der Waals surface area contributed by atoms with Gasteiger partial charge in [0.1, 0.15) is 23.3 Å². The Morgan fingerprint density at radius 2 is 2.00 bits per heavy atom. The number of nitrogen functional groups attached to an aromatic ring is 2. The largest absolute Gasteiger partial charge is 0.382 e. The molecule has 2 aromatic heterocycles. The van der Waals surface area contributed by atoms with Gasteiger partial charge in [-0.1, -0.05) is 39.0 Å². The number of benzene rings is 1. The molecule has 0 saturated heterocycles. The van der Waals surface area contributed by atoms with Gasteiger partial charge in [0.2, 0.25) is 5.95 Å². The molecule has 0 radical (unpaired) electrons. The molecule has 0 saturated carbocycles. The highest BCUT2D eigenvalue weighted by Gasteiger charge is 2.22. The number of aromatic nitrogens is 4. The highest BCUT2D eigenvalue weighted by Crippen LogP contribution is 2.27. The van der Waals surface area contributed by atoms with Gasteiger partial charge in [0, 0.05) is 10.2 Å². The summed E-state index contributed by atoms with van der Waals surface area (Å²) < 4.78 is 2.25. The van der Waals surface area contributed by atoms with E-state index < -0.39 is 6.04 Å². The van der Waals surface area contributed by atoms with E-state index >= 15 is 0 Å². The van der Waals surface area contributed by atoms with E-state index in [1.165, 1.54) is 0 Å². The number of fused-ring (bicyclic) bond motifs is 1. The summed E-state index contributed by atoms with van der Waals surface area (Å²) in [5.74, 6) is 0.546. The molecule has 0 aliphatic rings. The van der Waals surface area contributed by atoms with Gasteiger partial charge in [0.05, 0.1) is 16.9 Å². The van der Waals surface area contributed by atoms with Gasteiger partial charge >= 0.3 is 0 Å². The predicted octanol–water partition coefficient (Wildman–Crippen LogP) is 5.01. The smallest absolute Gasteiger partial charge is 0.266 e. The molecule has 1 atom stereocenters. The van der Waals surface area contributed by atoms with Gasteiger partial charge in [-0.3, -0.25) is 9.36 Å². The van der Waals surface area contributed by atoms with Crippen molar-refractivity contribution in [2.45, 2.75) is 47.1 Å². The normalized spacial score (nSPS) is 12.2. The SMILES string of the molecule is C/C=C\C=C(/CC)n1c(C(C)Nc2nc(N)nc(N)c2C#N)nc2cccc(Br)c2c1=O.CC. The van der Waals surface area contributed by atoms with E-state index in [-0.39, 0.29) is 28.7 Å². The van der Waals surface area contributed by atoms with Crippen LogP contribution in [-0.4, -0.2) is 19.5 Å². The quantitative estimate of drug-likeness (QED) is 0.380. The molecule has 1 aromatic carbocycles. The Hall–Kier alpha value is -3.71. The maximum atomic E-state index is 13.6. The van der Waals surface area contributed by atoms with Gasteiger partial charge in [-0.05, 0) is 54.4 Å². The number of nitrogens with two attached hydrogens (primary N) is 2. The van der Waals surface area contributed by atoms with Crippen LogP contribution in [-0.2, 0) is 0 Å². The van der Waals surface area contributed by atoms with E-state index in [1.807, 2.05) is 71.0 Å². The molecule has 1 unspecified atom stereocenters. The van der Waals surface area contributed by atoms with Gasteiger partial charge in [0.15, 0.2) is 5.82 Å². The zero-order chi connectivity index (χ0) is 25.4. The molecule has 0 spiro atoms. The third-order valence-corrected chi connectivity index (χ3v) is 5.47. The fourth-order valence-corrected chi connectivity index (χ4v) is 3.84. The number of hydrogen-bond donors (Lipinski definition) is 3. The lowest BCUT2D eigenvalue weighted by atomic mass is 10.2. The zero-order valence-corrected chi connectivity index (χ0v) is 21.5. The minimum atomic E-state index is -0.521. The Labute approximate surface area is 207 Å². The number of hydrogen-bond acceptors (Lipinski definition) is 8. The van der Waals surface area contributed by atoms with Crippen LogP contribution in [0, 0.1) is 11.3 Å². The summed E-state index contributed by atoms with van der Waals surface area (Å²) in [6.45, 7) is 9.69. The van der Waals surface area contributed by atoms with Crippen LogP contribution in [0.25, 0.3) is 16.6 Å². The van der Waals surface area contributed by atoms with Crippen molar-refractivity contribution in [3.63, 3.8) is 0 Å². The molecule has 2 heterocycles. The highest BCUT2D eigenvalue weighted by atomic mass is 79.9. The summed E-state index contributed by atoms with van der Waals surface area (Å²) in [6, 6.07) is 6.88. The van der Waals surface area contributed by atoms with Crippen LogP contribution >= 0.6 is 15.9 Å². The van der Waals surface area contributed by atoms with Crippen molar-refractivity contribution in [1.82, 2.24) is 19.5 Å². The van der Waals surface area contributed by atoms with Crippen molar-refractivity contribution < 1.29 is 0 Å². The Morgan fingerprint density at radius 3 is 2.62 bits per heavy atom. The maximum absolute atomic E-state index is 13.6. The Morgan fingerprint density at radius 1 is 1.29 bits per heavy atom. The molecule has 34 heavy (non-hydrogen) atoms. The summed E-state index contributed by atoms with van der Waals surface area (Å²) in [5, 5.41) is 13.1. The fraction of sp³-hybridized carbons (Fsp3) is 0.292. The van der Waals surface area contributed by atoms with E-state index in [4.69, 9.17) is 16.5 Å². The van der Waals surface area contributed by atoms with Crippen LogP contribution in [0.3, 0.4) is 0 Å². The molecule has 5 N–H and O–H groups in total. The van der Waals surface area contributed by atoms with Crippen molar-refractivity contribution in [3.8, 4) is 6.07 Å². The predicted molar refractivity (Wildman–Crippen MR) is 142 cm³/mol. The zero-order valence-electron chi connectivity index (χ0n) is 19.9. The van der Waals surface area contributed by atoms with E-state index in [0.717, 1.165) is 5.70 Å². The Kier molecular flexibility index (Phi) is 9.33. The summed E-state index contributed by atoms with van der Waals surface area (Å²) in [5.41, 5.74) is 12.7. The van der Waals surface area contributed by atoms with Gasteiger partial charge in [-0.15, -0.1) is 0 Å². The van der Waals surface area contributed by atoms with Crippen LogP contribution in [0.4, 0.5) is 17.6 Å². The highest BCUT2D eigenvalue weighted by molar-refractivity contribution is 9.10. The number of nitrogens with zero attached hydrogens (tertiary/aromatic N) is 5. The van der Waals surface area contributed by atoms with Crippen molar-refractivity contribution in [2.75, 3.05) is 16.8 Å². The molecular formula is C24H29BrN8O. The van der Waals surface area contributed by atoms with Crippen LogP contribution in [0.2, 0.25) is 0 Å². The number of rotatable bonds is 6. The summed E-state index contributed by atoms with van der Waals surface area (Å²) in [6.07, 6.45) is 6.23. The summed E-state index contributed by atoms with van der Waals surface area (Å²) in [7, 11) is 0. The van der Waals surface area contributed by atoms with Crippen LogP contribution in [0.5, 0.6) is 0 Å². The first-order valence-corrected chi connectivity index (χ1v) is 11.7. The van der Waals surface area contributed by atoms with Crippen molar-refractivity contribution >= 4 is 50.1 Å². The monoisotopic (exact) mass is 524 g/mol. The molecule has 0 aliphatic carbocycles. The second kappa shape index (κ2) is 12.0. The number of nitrogens with one attached hydrogen (secondary N) is 1. The molecule has 9 nitrogen and oxygen atoms in total. The van der Waals surface area contributed by atoms with E-state index in [0.29, 0.717) is 27.6 Å². The van der Waals surface area contributed by atoms with Gasteiger partial charge in [-0.25, -0.2) is 4.98 Å². The average Bonchev–Trinajstić information content (AvgIpc) is 2.81. The average molecular weight is 525 g/mol. The Bertz CT molecular complexity index is 1340. The first-order chi connectivity index (χ1) is 16.3. The van der Waals surface area contributed by atoms with Crippen LogP contribution in [0.1, 0.15) is 58.5 Å².